The van der Waals surface area contributed by atoms with Gasteiger partial charge in [0.1, 0.15) is 11.6 Å². The molecule has 0 fully saturated rings. The summed E-state index contributed by atoms with van der Waals surface area (Å²) in [5.41, 5.74) is 2.55. The number of carbonyl (C=O) groups is 1. The first-order chi connectivity index (χ1) is 10.2. The summed E-state index contributed by atoms with van der Waals surface area (Å²) in [4.78, 5) is 17.7. The van der Waals surface area contributed by atoms with Crippen LogP contribution in [0.4, 0.5) is 26.4 Å². The van der Waals surface area contributed by atoms with Crippen LogP contribution in [0.15, 0.2) is 36.5 Å². The van der Waals surface area contributed by atoms with Crippen LogP contribution in [0.25, 0.3) is 0 Å². The number of fused-ring (bicyclic) bond motifs is 1. The second kappa shape index (κ2) is 5.40. The Balaban J connectivity index is 1.92. The first-order valence-electron chi connectivity index (χ1n) is 6.74. The van der Waals surface area contributed by atoms with Crippen LogP contribution in [0.5, 0.6) is 0 Å². The molecule has 1 aromatic carbocycles. The van der Waals surface area contributed by atoms with Gasteiger partial charge in [0.15, 0.2) is 0 Å². The Hall–Kier alpha value is -2.63. The lowest BCUT2D eigenvalue weighted by atomic mass is 10.1. The highest BCUT2D eigenvalue weighted by molar-refractivity contribution is 5.92. The monoisotopic (exact) mass is 286 g/mol. The molecule has 0 bridgehead atoms. The van der Waals surface area contributed by atoms with Gasteiger partial charge in [0.2, 0.25) is 0 Å². The van der Waals surface area contributed by atoms with Gasteiger partial charge >= 0.3 is 6.03 Å². The number of amides is 2. The molecule has 2 amide bonds. The van der Waals surface area contributed by atoms with Crippen molar-refractivity contribution in [3.8, 4) is 0 Å². The van der Waals surface area contributed by atoms with Crippen molar-refractivity contribution in [3.05, 3.63) is 47.9 Å². The van der Waals surface area contributed by atoms with Crippen molar-refractivity contribution in [2.75, 3.05) is 17.2 Å². The molecule has 1 aliphatic rings. The fraction of sp³-hybridized carbons (Fsp3) is 0.200. The Morgan fingerprint density at radius 1 is 1.33 bits per heavy atom. The Labute approximate surface area is 121 Å². The first-order valence-corrected chi connectivity index (χ1v) is 6.74. The number of rotatable bonds is 3. The largest absolute Gasteiger partial charge is 0.355 e. The Kier molecular flexibility index (Phi) is 3.43. The van der Waals surface area contributed by atoms with Crippen LogP contribution in [0, 0.1) is 5.82 Å². The van der Waals surface area contributed by atoms with Crippen molar-refractivity contribution < 1.29 is 9.18 Å². The molecule has 0 saturated heterocycles. The van der Waals surface area contributed by atoms with Crippen LogP contribution in [0.3, 0.4) is 0 Å². The van der Waals surface area contributed by atoms with E-state index in [1.807, 2.05) is 13.0 Å². The molecular weight excluding hydrogens is 271 g/mol. The molecule has 0 radical (unpaired) electrons. The van der Waals surface area contributed by atoms with Gasteiger partial charge < -0.3 is 10.2 Å². The van der Waals surface area contributed by atoms with Gasteiger partial charge in [0.05, 0.1) is 6.54 Å². The van der Waals surface area contributed by atoms with E-state index in [1.54, 1.807) is 23.2 Å². The molecule has 21 heavy (non-hydrogen) atoms. The third-order valence-corrected chi connectivity index (χ3v) is 3.42. The minimum Gasteiger partial charge on any atom is -0.355 e. The summed E-state index contributed by atoms with van der Waals surface area (Å²) in [5.74, 6) is 0.290. The molecule has 0 unspecified atom stereocenters. The smallest absolute Gasteiger partial charge is 0.323 e. The van der Waals surface area contributed by atoms with Crippen LogP contribution in [-0.4, -0.2) is 22.5 Å². The van der Waals surface area contributed by atoms with E-state index in [-0.39, 0.29) is 11.8 Å². The van der Waals surface area contributed by atoms with E-state index >= 15 is 0 Å². The minimum atomic E-state index is -0.276. The zero-order valence-electron chi connectivity index (χ0n) is 11.6. The van der Waals surface area contributed by atoms with E-state index in [2.05, 4.69) is 15.6 Å². The highest BCUT2D eigenvalue weighted by Gasteiger charge is 2.24. The molecule has 2 heterocycles. The van der Waals surface area contributed by atoms with Gasteiger partial charge in [0, 0.05) is 29.7 Å². The second-order valence-electron chi connectivity index (χ2n) is 4.76. The fourth-order valence-electron chi connectivity index (χ4n) is 2.26. The van der Waals surface area contributed by atoms with Gasteiger partial charge in [-0.15, -0.1) is 0 Å². The average Bonchev–Trinajstić information content (AvgIpc) is 2.49. The number of hydrogen-bond donors (Lipinski definition) is 2. The number of halogens is 1. The van der Waals surface area contributed by atoms with Crippen LogP contribution in [0.2, 0.25) is 0 Å². The van der Waals surface area contributed by atoms with Gasteiger partial charge in [-0.2, -0.15) is 0 Å². The van der Waals surface area contributed by atoms with E-state index in [4.69, 9.17) is 0 Å². The maximum Gasteiger partial charge on any atom is 0.323 e. The van der Waals surface area contributed by atoms with Gasteiger partial charge in [-0.3, -0.25) is 5.32 Å². The SMILES string of the molecule is CCN1Cc2c(Nc3ccc(F)cc3)ccnc2NC1=O. The molecule has 0 atom stereocenters. The standard InChI is InChI=1S/C15H15FN4O/c1-2-20-9-12-13(7-8-17-14(12)19-15(20)21)18-11-5-3-10(16)4-6-11/h3-8H,2,9H2,1H3,(H2,17,18,19,21). The number of pyridine rings is 1. The van der Waals surface area contributed by atoms with Crippen LogP contribution in [-0.2, 0) is 6.54 Å². The summed E-state index contributed by atoms with van der Waals surface area (Å²) in [5, 5.41) is 6.01. The lowest BCUT2D eigenvalue weighted by Crippen LogP contribution is -2.39. The van der Waals surface area contributed by atoms with Crippen LogP contribution < -0.4 is 10.6 Å². The highest BCUT2D eigenvalue weighted by Crippen LogP contribution is 2.30. The maximum absolute atomic E-state index is 12.9. The zero-order valence-corrected chi connectivity index (χ0v) is 11.6. The Morgan fingerprint density at radius 2 is 2.10 bits per heavy atom. The highest BCUT2D eigenvalue weighted by atomic mass is 19.1. The summed E-state index contributed by atoms with van der Waals surface area (Å²) in [6.45, 7) is 3.04. The molecule has 0 spiro atoms. The third kappa shape index (κ3) is 2.65. The van der Waals surface area contributed by atoms with Gasteiger partial charge in [-0.1, -0.05) is 0 Å². The number of carbonyl (C=O) groups excluding carboxylic acids is 1. The third-order valence-electron chi connectivity index (χ3n) is 3.42. The van der Waals surface area contributed by atoms with Gasteiger partial charge in [-0.05, 0) is 37.3 Å². The lowest BCUT2D eigenvalue weighted by molar-refractivity contribution is 0.209. The summed E-state index contributed by atoms with van der Waals surface area (Å²) < 4.78 is 12.9. The number of benzene rings is 1. The van der Waals surface area contributed by atoms with Crippen molar-refractivity contribution in [3.63, 3.8) is 0 Å². The maximum atomic E-state index is 12.9. The average molecular weight is 286 g/mol. The van der Waals surface area contributed by atoms with Gasteiger partial charge in [0.25, 0.3) is 0 Å². The molecule has 2 N–H and O–H groups in total. The van der Waals surface area contributed by atoms with Crippen LogP contribution in [0.1, 0.15) is 12.5 Å². The van der Waals surface area contributed by atoms with E-state index in [0.29, 0.717) is 18.9 Å². The number of hydrogen-bond acceptors (Lipinski definition) is 3. The number of anilines is 3. The normalized spacial score (nSPS) is 13.6. The number of urea groups is 1. The predicted molar refractivity (Wildman–Crippen MR) is 79.0 cm³/mol. The molecule has 3 rings (SSSR count). The van der Waals surface area contributed by atoms with Crippen molar-refractivity contribution in [2.24, 2.45) is 0 Å². The number of nitrogens with zero attached hydrogens (tertiary/aromatic N) is 2. The van der Waals surface area contributed by atoms with Crippen molar-refractivity contribution in [1.29, 1.82) is 0 Å². The Morgan fingerprint density at radius 3 is 2.81 bits per heavy atom. The molecule has 6 heteroatoms. The summed E-state index contributed by atoms with van der Waals surface area (Å²) in [6.07, 6.45) is 1.63. The van der Waals surface area contributed by atoms with E-state index in [0.717, 1.165) is 16.9 Å². The summed E-state index contributed by atoms with van der Waals surface area (Å²) >= 11 is 0. The predicted octanol–water partition coefficient (Wildman–Crippen LogP) is 3.33. The first kappa shape index (κ1) is 13.4. The summed E-state index contributed by atoms with van der Waals surface area (Å²) in [6, 6.07) is 7.83. The van der Waals surface area contributed by atoms with E-state index in [9.17, 15) is 9.18 Å². The molecular formula is C15H15FN4O. The van der Waals surface area contributed by atoms with E-state index in [1.165, 1.54) is 12.1 Å². The second-order valence-corrected chi connectivity index (χ2v) is 4.76. The molecule has 1 aliphatic heterocycles. The fourth-order valence-corrected chi connectivity index (χ4v) is 2.26. The van der Waals surface area contributed by atoms with Crippen molar-refractivity contribution in [1.82, 2.24) is 9.88 Å². The molecule has 2 aromatic rings. The molecule has 0 saturated carbocycles. The number of nitrogens with one attached hydrogen (secondary N) is 2. The Bertz CT molecular complexity index is 672. The summed E-state index contributed by atoms with van der Waals surface area (Å²) in [7, 11) is 0. The molecule has 108 valence electrons. The van der Waals surface area contributed by atoms with E-state index < -0.39 is 0 Å². The van der Waals surface area contributed by atoms with Gasteiger partial charge in [-0.25, -0.2) is 14.2 Å². The topological polar surface area (TPSA) is 57.3 Å². The van der Waals surface area contributed by atoms with Crippen molar-refractivity contribution >= 4 is 23.2 Å². The number of aromatic nitrogens is 1. The molecule has 1 aromatic heterocycles. The minimum absolute atomic E-state index is 0.142. The zero-order chi connectivity index (χ0) is 14.8. The quantitative estimate of drug-likeness (QED) is 0.910. The van der Waals surface area contributed by atoms with Crippen molar-refractivity contribution in [2.45, 2.75) is 13.5 Å². The lowest BCUT2D eigenvalue weighted by Gasteiger charge is -2.29. The molecule has 0 aliphatic carbocycles. The van der Waals surface area contributed by atoms with Crippen LogP contribution >= 0.6 is 0 Å². The molecule has 5 nitrogen and oxygen atoms in total.